The zero-order valence-electron chi connectivity index (χ0n) is 19.4. The molecular weight excluding hydrogens is 450 g/mol. The van der Waals surface area contributed by atoms with Crippen molar-refractivity contribution in [3.63, 3.8) is 0 Å². The van der Waals surface area contributed by atoms with Gasteiger partial charge in [0.25, 0.3) is 17.0 Å². The number of amides is 1. The van der Waals surface area contributed by atoms with Crippen molar-refractivity contribution in [1.29, 1.82) is 0 Å². The average molecular weight is 473 g/mol. The molecule has 2 aromatic carbocycles. The summed E-state index contributed by atoms with van der Waals surface area (Å²) in [6.07, 6.45) is 0.515. The number of benzene rings is 2. The summed E-state index contributed by atoms with van der Waals surface area (Å²) in [5.74, 6) is 0.316. The van der Waals surface area contributed by atoms with Gasteiger partial charge in [-0.1, -0.05) is 35.0 Å². The minimum absolute atomic E-state index is 0.0685. The number of aromatic amines is 2. The van der Waals surface area contributed by atoms with Crippen molar-refractivity contribution in [3.8, 4) is 5.75 Å². The van der Waals surface area contributed by atoms with Crippen LogP contribution in [0.25, 0.3) is 11.0 Å². The molecule has 2 aromatic heterocycles. The first-order valence-electron chi connectivity index (χ1n) is 11.0. The first kappa shape index (κ1) is 22.3. The molecule has 0 spiro atoms. The van der Waals surface area contributed by atoms with Crippen molar-refractivity contribution in [1.82, 2.24) is 30.2 Å². The number of aryl methyl sites for hydroxylation is 2. The predicted octanol–water partition coefficient (Wildman–Crippen LogP) is 1.81. The number of H-pyrrole nitrogens is 2. The van der Waals surface area contributed by atoms with Gasteiger partial charge in [-0.3, -0.25) is 24.6 Å². The molecule has 1 amide bonds. The number of rotatable bonds is 5. The smallest absolute Gasteiger partial charge is 0.292 e. The molecule has 11 heteroatoms. The minimum atomic E-state index is -0.592. The van der Waals surface area contributed by atoms with E-state index in [9.17, 15) is 14.4 Å². The summed E-state index contributed by atoms with van der Waals surface area (Å²) in [6.45, 7) is 3.71. The number of hydrogen-bond donors (Lipinski definition) is 2. The third-order valence-corrected chi connectivity index (χ3v) is 6.11. The van der Waals surface area contributed by atoms with Gasteiger partial charge in [-0.05, 0) is 43.2 Å². The van der Waals surface area contributed by atoms with E-state index in [1.807, 2.05) is 50.2 Å². The summed E-state index contributed by atoms with van der Waals surface area (Å²) in [5.41, 5.74) is 3.43. The number of carbonyl (C=O) groups excluding carboxylic acids is 1. The minimum Gasteiger partial charge on any atom is -0.497 e. The Morgan fingerprint density at radius 3 is 2.57 bits per heavy atom. The first-order chi connectivity index (χ1) is 16.9. The summed E-state index contributed by atoms with van der Waals surface area (Å²) >= 11 is 0. The highest BCUT2D eigenvalue weighted by molar-refractivity contribution is 6.04. The van der Waals surface area contributed by atoms with Gasteiger partial charge in [-0.2, -0.15) is 5.10 Å². The normalized spacial score (nSPS) is 15.5. The maximum atomic E-state index is 13.5. The molecule has 0 bridgehead atoms. The summed E-state index contributed by atoms with van der Waals surface area (Å²) < 4.78 is 6.40. The van der Waals surface area contributed by atoms with Gasteiger partial charge in [-0.15, -0.1) is 5.10 Å². The molecule has 0 unspecified atom stereocenters. The Balaban J connectivity index is 1.54. The van der Waals surface area contributed by atoms with E-state index >= 15 is 0 Å². The van der Waals surface area contributed by atoms with E-state index in [4.69, 9.17) is 9.84 Å². The van der Waals surface area contributed by atoms with E-state index in [-0.39, 0.29) is 23.6 Å². The number of ether oxygens (including phenoxy) is 1. The van der Waals surface area contributed by atoms with Crippen molar-refractivity contribution in [3.05, 3.63) is 85.4 Å². The van der Waals surface area contributed by atoms with Crippen LogP contribution in [0.4, 0.5) is 0 Å². The number of nitrogens with zero attached hydrogens (tertiary/aromatic N) is 5. The van der Waals surface area contributed by atoms with Crippen LogP contribution < -0.4 is 15.9 Å². The molecule has 1 aliphatic rings. The van der Waals surface area contributed by atoms with Gasteiger partial charge in [-0.25, -0.2) is 9.69 Å². The first-order valence-corrected chi connectivity index (χ1v) is 11.0. The highest BCUT2D eigenvalue weighted by atomic mass is 16.5. The van der Waals surface area contributed by atoms with Gasteiger partial charge >= 0.3 is 0 Å². The molecule has 1 atom stereocenters. The number of nitrogens with one attached hydrogen (secondary N) is 2. The van der Waals surface area contributed by atoms with E-state index in [0.29, 0.717) is 12.2 Å². The second-order valence-electron chi connectivity index (χ2n) is 8.45. The number of aromatic nitrogens is 5. The lowest BCUT2D eigenvalue weighted by molar-refractivity contribution is -0.133. The van der Waals surface area contributed by atoms with Crippen LogP contribution in [0, 0.1) is 13.8 Å². The Hall–Kier alpha value is -4.54. The predicted molar refractivity (Wildman–Crippen MR) is 128 cm³/mol. The van der Waals surface area contributed by atoms with Gasteiger partial charge in [0, 0.05) is 12.0 Å². The van der Waals surface area contributed by atoms with E-state index in [1.54, 1.807) is 7.11 Å². The lowest BCUT2D eigenvalue weighted by atomic mass is 9.95. The molecule has 2 N–H and O–H groups in total. The molecule has 5 rings (SSSR count). The molecule has 0 radical (unpaired) electrons. The number of hydrazone groups is 1. The maximum Gasteiger partial charge on any atom is 0.292 e. The fraction of sp³-hybridized carbons (Fsp3) is 0.250. The molecule has 178 valence electrons. The largest absolute Gasteiger partial charge is 0.497 e. The third-order valence-electron chi connectivity index (χ3n) is 6.11. The Morgan fingerprint density at radius 1 is 1.09 bits per heavy atom. The quantitative estimate of drug-likeness (QED) is 0.453. The molecule has 4 aromatic rings. The lowest BCUT2D eigenvalue weighted by Crippen LogP contribution is -2.31. The second-order valence-corrected chi connectivity index (χ2v) is 8.45. The summed E-state index contributed by atoms with van der Waals surface area (Å²) in [6, 6.07) is 13.2. The van der Waals surface area contributed by atoms with Crippen molar-refractivity contribution in [2.45, 2.75) is 32.9 Å². The van der Waals surface area contributed by atoms with Gasteiger partial charge in [0.2, 0.25) is 0 Å². The second kappa shape index (κ2) is 8.67. The zero-order chi connectivity index (χ0) is 24.7. The van der Waals surface area contributed by atoms with E-state index in [2.05, 4.69) is 26.6 Å². The maximum absolute atomic E-state index is 13.5. The van der Waals surface area contributed by atoms with Crippen LogP contribution in [0.1, 0.15) is 34.7 Å². The fourth-order valence-electron chi connectivity index (χ4n) is 4.27. The van der Waals surface area contributed by atoms with Crippen LogP contribution in [0.3, 0.4) is 0 Å². The Kier molecular flexibility index (Phi) is 5.51. The third kappa shape index (κ3) is 4.01. The van der Waals surface area contributed by atoms with Crippen LogP contribution in [-0.2, 0) is 11.3 Å². The van der Waals surface area contributed by atoms with Crippen molar-refractivity contribution in [2.24, 2.45) is 5.10 Å². The topological polar surface area (TPSA) is 138 Å². The van der Waals surface area contributed by atoms with E-state index in [0.717, 1.165) is 32.6 Å². The molecule has 35 heavy (non-hydrogen) atoms. The average Bonchev–Trinajstić information content (AvgIpc) is 3.49. The van der Waals surface area contributed by atoms with Crippen LogP contribution in [0.2, 0.25) is 0 Å². The van der Waals surface area contributed by atoms with Crippen LogP contribution >= 0.6 is 0 Å². The van der Waals surface area contributed by atoms with Gasteiger partial charge in [0.05, 0.1) is 18.9 Å². The molecule has 0 saturated heterocycles. The molecule has 0 aliphatic carbocycles. The standard InChI is InChI=1S/C24H23N7O4/c1-13-4-5-14(2)17(10-13)18-11-19(15-6-8-16(35-3)9-7-15)31(28-18)20(32)12-30-22-21(25-29-30)23(33)26-27-24(22)34/h4-10,19H,11-12H2,1-3H3,(H,26,33)(H,27,34)/t19-/m0/s1. The van der Waals surface area contributed by atoms with Crippen molar-refractivity contribution < 1.29 is 9.53 Å². The molecule has 0 fully saturated rings. The highest BCUT2D eigenvalue weighted by Gasteiger charge is 2.34. The van der Waals surface area contributed by atoms with Gasteiger partial charge < -0.3 is 4.74 Å². The van der Waals surface area contributed by atoms with E-state index in [1.165, 1.54) is 5.01 Å². The Morgan fingerprint density at radius 2 is 1.83 bits per heavy atom. The summed E-state index contributed by atoms with van der Waals surface area (Å²) in [7, 11) is 1.59. The van der Waals surface area contributed by atoms with Crippen molar-refractivity contribution >= 4 is 22.7 Å². The number of methoxy groups -OCH3 is 1. The van der Waals surface area contributed by atoms with Crippen LogP contribution in [0.5, 0.6) is 5.75 Å². The van der Waals surface area contributed by atoms with Crippen LogP contribution in [-0.4, -0.2) is 48.9 Å². The monoisotopic (exact) mass is 473 g/mol. The Bertz CT molecular complexity index is 1580. The van der Waals surface area contributed by atoms with Crippen molar-refractivity contribution in [2.75, 3.05) is 7.11 Å². The molecular formula is C24H23N7O4. The summed E-state index contributed by atoms with van der Waals surface area (Å²) in [4.78, 5) is 37.7. The number of hydrogen-bond acceptors (Lipinski definition) is 7. The fourth-order valence-corrected chi connectivity index (χ4v) is 4.27. The van der Waals surface area contributed by atoms with E-state index < -0.39 is 17.0 Å². The molecule has 3 heterocycles. The highest BCUT2D eigenvalue weighted by Crippen LogP contribution is 2.34. The number of fused-ring (bicyclic) bond motifs is 1. The van der Waals surface area contributed by atoms with Crippen LogP contribution in [0.15, 0.2) is 57.2 Å². The zero-order valence-corrected chi connectivity index (χ0v) is 19.4. The lowest BCUT2D eigenvalue weighted by Gasteiger charge is -2.22. The molecule has 1 aliphatic heterocycles. The molecule has 11 nitrogen and oxygen atoms in total. The van der Waals surface area contributed by atoms with Gasteiger partial charge in [0.15, 0.2) is 11.0 Å². The SMILES string of the molecule is COc1ccc([C@@H]2CC(c3cc(C)ccc3C)=NN2C(=O)Cn2nnc3c(=O)[nH][nH]c(=O)c32)cc1. The summed E-state index contributed by atoms with van der Waals surface area (Å²) in [5, 5.41) is 18.2. The molecule has 0 saturated carbocycles. The number of carbonyl (C=O) groups is 1. The van der Waals surface area contributed by atoms with Gasteiger partial charge in [0.1, 0.15) is 12.3 Å². The Labute approximate surface area is 199 Å².